The number of hydrogen-bond donors (Lipinski definition) is 1. The maximum Gasteiger partial charge on any atom is 0.110 e. The summed E-state index contributed by atoms with van der Waals surface area (Å²) in [5.74, 6) is 0. The molecule has 2 nitrogen and oxygen atoms in total. The molecule has 0 fully saturated rings. The lowest BCUT2D eigenvalue weighted by molar-refractivity contribution is -0.0375. The Kier molecular flexibility index (Phi) is 4.11. The van der Waals surface area contributed by atoms with Crippen LogP contribution in [0.4, 0.5) is 0 Å². The topological polar surface area (TPSA) is 29.5 Å². The lowest BCUT2D eigenvalue weighted by Gasteiger charge is -2.23. The van der Waals surface area contributed by atoms with Gasteiger partial charge in [-0.05, 0) is 18.9 Å². The van der Waals surface area contributed by atoms with Gasteiger partial charge in [0.1, 0.15) is 5.60 Å². The van der Waals surface area contributed by atoms with E-state index in [1.807, 2.05) is 30.3 Å². The molecule has 1 unspecified atom stereocenters. The first-order chi connectivity index (χ1) is 6.67. The van der Waals surface area contributed by atoms with Crippen LogP contribution in [-0.2, 0) is 10.3 Å². The minimum Gasteiger partial charge on any atom is -0.383 e. The SMILES string of the molecule is CCCOCC(C)(O)c1ccccc1. The van der Waals surface area contributed by atoms with Crippen LogP contribution in [0.3, 0.4) is 0 Å². The van der Waals surface area contributed by atoms with E-state index in [-0.39, 0.29) is 0 Å². The predicted octanol–water partition coefficient (Wildman–Crippen LogP) is 2.32. The first-order valence-electron chi connectivity index (χ1n) is 5.02. The highest BCUT2D eigenvalue weighted by atomic mass is 16.5. The van der Waals surface area contributed by atoms with Gasteiger partial charge in [0.25, 0.3) is 0 Å². The van der Waals surface area contributed by atoms with Crippen LogP contribution in [0.2, 0.25) is 0 Å². The second-order valence-corrected chi connectivity index (χ2v) is 3.69. The van der Waals surface area contributed by atoms with Gasteiger partial charge in [-0.2, -0.15) is 0 Å². The molecule has 2 heteroatoms. The van der Waals surface area contributed by atoms with E-state index < -0.39 is 5.60 Å². The fourth-order valence-corrected chi connectivity index (χ4v) is 1.30. The fourth-order valence-electron chi connectivity index (χ4n) is 1.30. The highest BCUT2D eigenvalue weighted by Crippen LogP contribution is 2.20. The molecular formula is C12H18O2. The van der Waals surface area contributed by atoms with Crippen molar-refractivity contribution in [2.24, 2.45) is 0 Å². The Bertz CT molecular complexity index is 254. The van der Waals surface area contributed by atoms with Gasteiger partial charge in [0.2, 0.25) is 0 Å². The summed E-state index contributed by atoms with van der Waals surface area (Å²) in [4.78, 5) is 0. The van der Waals surface area contributed by atoms with Crippen LogP contribution in [0, 0.1) is 0 Å². The molecule has 1 aromatic rings. The Labute approximate surface area is 85.5 Å². The van der Waals surface area contributed by atoms with Gasteiger partial charge in [-0.25, -0.2) is 0 Å². The van der Waals surface area contributed by atoms with Crippen molar-refractivity contribution < 1.29 is 9.84 Å². The summed E-state index contributed by atoms with van der Waals surface area (Å²) in [6.45, 7) is 4.88. The number of rotatable bonds is 5. The Hall–Kier alpha value is -0.860. The van der Waals surface area contributed by atoms with Crippen molar-refractivity contribution >= 4 is 0 Å². The summed E-state index contributed by atoms with van der Waals surface area (Å²) in [5, 5.41) is 10.1. The van der Waals surface area contributed by atoms with Gasteiger partial charge in [0.05, 0.1) is 6.61 Å². The Morgan fingerprint density at radius 3 is 2.50 bits per heavy atom. The summed E-state index contributed by atoms with van der Waals surface area (Å²) in [6.07, 6.45) is 0.977. The van der Waals surface area contributed by atoms with E-state index >= 15 is 0 Å². The highest BCUT2D eigenvalue weighted by Gasteiger charge is 2.22. The molecule has 78 valence electrons. The quantitative estimate of drug-likeness (QED) is 0.729. The molecule has 0 saturated carbocycles. The molecule has 1 aromatic carbocycles. The van der Waals surface area contributed by atoms with Crippen molar-refractivity contribution in [3.8, 4) is 0 Å². The third kappa shape index (κ3) is 3.13. The first-order valence-corrected chi connectivity index (χ1v) is 5.02. The molecule has 1 atom stereocenters. The van der Waals surface area contributed by atoms with Gasteiger partial charge in [-0.15, -0.1) is 0 Å². The van der Waals surface area contributed by atoms with Crippen LogP contribution in [0.1, 0.15) is 25.8 Å². The van der Waals surface area contributed by atoms with E-state index in [1.54, 1.807) is 6.92 Å². The maximum absolute atomic E-state index is 10.1. The molecule has 0 amide bonds. The molecular weight excluding hydrogens is 176 g/mol. The Morgan fingerprint density at radius 2 is 1.93 bits per heavy atom. The summed E-state index contributed by atoms with van der Waals surface area (Å²) >= 11 is 0. The van der Waals surface area contributed by atoms with Gasteiger partial charge in [-0.1, -0.05) is 37.3 Å². The average molecular weight is 194 g/mol. The molecule has 0 aliphatic rings. The standard InChI is InChI=1S/C12H18O2/c1-3-9-14-10-12(2,13)11-7-5-4-6-8-11/h4-8,13H,3,9-10H2,1-2H3. The summed E-state index contributed by atoms with van der Waals surface area (Å²) < 4.78 is 5.35. The van der Waals surface area contributed by atoms with Crippen molar-refractivity contribution in [2.75, 3.05) is 13.2 Å². The molecule has 0 radical (unpaired) electrons. The van der Waals surface area contributed by atoms with Crippen molar-refractivity contribution in [3.63, 3.8) is 0 Å². The van der Waals surface area contributed by atoms with Crippen molar-refractivity contribution in [3.05, 3.63) is 35.9 Å². The third-order valence-corrected chi connectivity index (χ3v) is 2.13. The summed E-state index contributed by atoms with van der Waals surface area (Å²) in [5.41, 5.74) is 0.0206. The monoisotopic (exact) mass is 194 g/mol. The molecule has 0 aliphatic carbocycles. The Balaban J connectivity index is 2.56. The van der Waals surface area contributed by atoms with Gasteiger partial charge in [0, 0.05) is 6.61 Å². The molecule has 0 aliphatic heterocycles. The number of benzene rings is 1. The van der Waals surface area contributed by atoms with E-state index in [4.69, 9.17) is 4.74 Å². The van der Waals surface area contributed by atoms with Gasteiger partial charge < -0.3 is 9.84 Å². The van der Waals surface area contributed by atoms with Crippen molar-refractivity contribution in [1.82, 2.24) is 0 Å². The van der Waals surface area contributed by atoms with Crippen LogP contribution in [0.25, 0.3) is 0 Å². The molecule has 1 rings (SSSR count). The molecule has 0 bridgehead atoms. The second kappa shape index (κ2) is 5.13. The third-order valence-electron chi connectivity index (χ3n) is 2.13. The van der Waals surface area contributed by atoms with Crippen molar-refractivity contribution in [2.45, 2.75) is 25.9 Å². The lowest BCUT2D eigenvalue weighted by Crippen LogP contribution is -2.27. The number of ether oxygens (including phenoxy) is 1. The smallest absolute Gasteiger partial charge is 0.110 e. The largest absolute Gasteiger partial charge is 0.383 e. The van der Waals surface area contributed by atoms with E-state index in [9.17, 15) is 5.11 Å². The van der Waals surface area contributed by atoms with E-state index in [0.29, 0.717) is 13.2 Å². The molecule has 1 N–H and O–H groups in total. The van der Waals surface area contributed by atoms with E-state index in [0.717, 1.165) is 12.0 Å². The summed E-state index contributed by atoms with van der Waals surface area (Å²) in [6, 6.07) is 9.60. The minimum absolute atomic E-state index is 0.352. The molecule has 14 heavy (non-hydrogen) atoms. The highest BCUT2D eigenvalue weighted by molar-refractivity contribution is 5.21. The number of aliphatic hydroxyl groups is 1. The molecule has 0 aromatic heterocycles. The van der Waals surface area contributed by atoms with Crippen LogP contribution < -0.4 is 0 Å². The molecule has 0 spiro atoms. The lowest BCUT2D eigenvalue weighted by atomic mass is 9.97. The zero-order chi connectivity index (χ0) is 10.4. The normalized spacial score (nSPS) is 15.1. The summed E-state index contributed by atoms with van der Waals surface area (Å²) in [7, 11) is 0. The van der Waals surface area contributed by atoms with E-state index in [2.05, 4.69) is 6.92 Å². The minimum atomic E-state index is -0.879. The number of hydrogen-bond acceptors (Lipinski definition) is 2. The van der Waals surface area contributed by atoms with Crippen LogP contribution in [0.5, 0.6) is 0 Å². The second-order valence-electron chi connectivity index (χ2n) is 3.69. The predicted molar refractivity (Wildman–Crippen MR) is 57.1 cm³/mol. The molecule has 0 heterocycles. The van der Waals surface area contributed by atoms with Gasteiger partial charge >= 0.3 is 0 Å². The first kappa shape index (κ1) is 11.2. The van der Waals surface area contributed by atoms with Crippen molar-refractivity contribution in [1.29, 1.82) is 0 Å². The zero-order valence-corrected chi connectivity index (χ0v) is 8.86. The van der Waals surface area contributed by atoms with Crippen LogP contribution >= 0.6 is 0 Å². The maximum atomic E-state index is 10.1. The Morgan fingerprint density at radius 1 is 1.29 bits per heavy atom. The van der Waals surface area contributed by atoms with Gasteiger partial charge in [-0.3, -0.25) is 0 Å². The average Bonchev–Trinajstić information content (AvgIpc) is 2.19. The zero-order valence-electron chi connectivity index (χ0n) is 8.86. The van der Waals surface area contributed by atoms with E-state index in [1.165, 1.54) is 0 Å². The fraction of sp³-hybridized carbons (Fsp3) is 0.500. The van der Waals surface area contributed by atoms with Crippen LogP contribution in [-0.4, -0.2) is 18.3 Å². The van der Waals surface area contributed by atoms with Gasteiger partial charge in [0.15, 0.2) is 0 Å². The molecule has 0 saturated heterocycles. The van der Waals surface area contributed by atoms with Crippen LogP contribution in [0.15, 0.2) is 30.3 Å².